The highest BCUT2D eigenvalue weighted by molar-refractivity contribution is 7.90. The van der Waals surface area contributed by atoms with Crippen LogP contribution in [0, 0.1) is 6.92 Å². The third-order valence-electron chi connectivity index (χ3n) is 3.62. The van der Waals surface area contributed by atoms with Gasteiger partial charge in [-0.15, -0.1) is 11.3 Å². The summed E-state index contributed by atoms with van der Waals surface area (Å²) < 4.78 is 24.4. The smallest absolute Gasteiger partial charge is 0.251 e. The second-order valence-corrected chi connectivity index (χ2v) is 8.64. The van der Waals surface area contributed by atoms with Crippen molar-refractivity contribution in [3.63, 3.8) is 0 Å². The summed E-state index contributed by atoms with van der Waals surface area (Å²) >= 11 is 1.52. The van der Waals surface area contributed by atoms with E-state index >= 15 is 0 Å². The number of carbonyl (C=O) groups excluding carboxylic acids is 1. The SMILES string of the molecule is Cc1ccc(S(C)(=O)=O)cc1C(=O)NCc1nc2ccccc2s1. The highest BCUT2D eigenvalue weighted by atomic mass is 32.2. The zero-order valence-corrected chi connectivity index (χ0v) is 14.9. The van der Waals surface area contributed by atoms with Crippen LogP contribution in [0.2, 0.25) is 0 Å². The molecule has 5 nitrogen and oxygen atoms in total. The standard InChI is InChI=1S/C17H16N2O3S2/c1-11-7-8-12(24(2,21)22)9-13(11)17(20)18-10-16-19-14-5-3-4-6-15(14)23-16/h3-9H,10H2,1-2H3,(H,18,20). The molecule has 1 N–H and O–H groups in total. The summed E-state index contributed by atoms with van der Waals surface area (Å²) in [5, 5.41) is 3.62. The Bertz CT molecular complexity index is 990. The van der Waals surface area contributed by atoms with Crippen LogP contribution in [0.1, 0.15) is 20.9 Å². The van der Waals surface area contributed by atoms with Crippen molar-refractivity contribution in [3.05, 3.63) is 58.6 Å². The van der Waals surface area contributed by atoms with Crippen molar-refractivity contribution in [1.29, 1.82) is 0 Å². The molecule has 1 amide bonds. The summed E-state index contributed by atoms with van der Waals surface area (Å²) in [7, 11) is -3.35. The average Bonchev–Trinajstić information content (AvgIpc) is 2.94. The summed E-state index contributed by atoms with van der Waals surface area (Å²) in [5.74, 6) is -0.308. The lowest BCUT2D eigenvalue weighted by Crippen LogP contribution is -2.23. The molecule has 0 unspecified atom stereocenters. The molecule has 1 heterocycles. The van der Waals surface area contributed by atoms with Gasteiger partial charge in [-0.1, -0.05) is 18.2 Å². The number of carbonyl (C=O) groups is 1. The van der Waals surface area contributed by atoms with Gasteiger partial charge in [-0.05, 0) is 36.8 Å². The van der Waals surface area contributed by atoms with Crippen LogP contribution in [0.25, 0.3) is 10.2 Å². The van der Waals surface area contributed by atoms with Gasteiger partial charge >= 0.3 is 0 Å². The number of nitrogens with zero attached hydrogens (tertiary/aromatic N) is 1. The molecule has 0 bridgehead atoms. The van der Waals surface area contributed by atoms with Crippen LogP contribution in [0.4, 0.5) is 0 Å². The first-order chi connectivity index (χ1) is 11.3. The molecule has 0 spiro atoms. The average molecular weight is 360 g/mol. The number of benzene rings is 2. The molecule has 0 fully saturated rings. The summed E-state index contributed by atoms with van der Waals surface area (Å²) in [6.07, 6.45) is 1.13. The van der Waals surface area contributed by atoms with Gasteiger partial charge in [0.1, 0.15) is 5.01 Å². The van der Waals surface area contributed by atoms with Crippen LogP contribution in [0.15, 0.2) is 47.4 Å². The highest BCUT2D eigenvalue weighted by Crippen LogP contribution is 2.21. The van der Waals surface area contributed by atoms with E-state index in [4.69, 9.17) is 0 Å². The van der Waals surface area contributed by atoms with Gasteiger partial charge in [-0.25, -0.2) is 13.4 Å². The number of fused-ring (bicyclic) bond motifs is 1. The highest BCUT2D eigenvalue weighted by Gasteiger charge is 2.15. The van der Waals surface area contributed by atoms with Crippen LogP contribution >= 0.6 is 11.3 Å². The van der Waals surface area contributed by atoms with Gasteiger partial charge in [-0.3, -0.25) is 4.79 Å². The molecule has 124 valence electrons. The van der Waals surface area contributed by atoms with Gasteiger partial charge in [0.2, 0.25) is 0 Å². The van der Waals surface area contributed by atoms with Crippen molar-refractivity contribution >= 4 is 37.3 Å². The van der Waals surface area contributed by atoms with Gasteiger partial charge in [0.05, 0.1) is 21.7 Å². The lowest BCUT2D eigenvalue weighted by atomic mass is 10.1. The van der Waals surface area contributed by atoms with Crippen LogP contribution in [-0.2, 0) is 16.4 Å². The lowest BCUT2D eigenvalue weighted by Gasteiger charge is -2.08. The Hall–Kier alpha value is -2.25. The Kier molecular flexibility index (Phi) is 4.38. The van der Waals surface area contributed by atoms with Crippen molar-refractivity contribution < 1.29 is 13.2 Å². The quantitative estimate of drug-likeness (QED) is 0.776. The molecule has 0 saturated heterocycles. The second kappa shape index (κ2) is 6.33. The molecule has 7 heteroatoms. The molecule has 0 radical (unpaired) electrons. The topological polar surface area (TPSA) is 76.1 Å². The van der Waals surface area contributed by atoms with E-state index in [1.807, 2.05) is 24.3 Å². The van der Waals surface area contributed by atoms with Gasteiger partial charge < -0.3 is 5.32 Å². The van der Waals surface area contributed by atoms with Crippen LogP contribution in [0.3, 0.4) is 0 Å². The van der Waals surface area contributed by atoms with E-state index in [-0.39, 0.29) is 10.8 Å². The van der Waals surface area contributed by atoms with E-state index in [1.165, 1.54) is 23.5 Å². The summed E-state index contributed by atoms with van der Waals surface area (Å²) in [6.45, 7) is 2.08. The number of hydrogen-bond donors (Lipinski definition) is 1. The maximum atomic E-state index is 12.4. The molecule has 0 aliphatic heterocycles. The maximum Gasteiger partial charge on any atom is 0.251 e. The zero-order chi connectivity index (χ0) is 17.3. The molecule has 3 aromatic rings. The number of nitrogens with one attached hydrogen (secondary N) is 1. The van der Waals surface area contributed by atoms with Gasteiger partial charge in [-0.2, -0.15) is 0 Å². The Balaban J connectivity index is 1.79. The van der Waals surface area contributed by atoms with Crippen molar-refractivity contribution in [2.24, 2.45) is 0 Å². The summed E-state index contributed by atoms with van der Waals surface area (Å²) in [5.41, 5.74) is 1.99. The number of para-hydroxylation sites is 1. The predicted octanol–water partition coefficient (Wildman–Crippen LogP) is 2.94. The number of thiazole rings is 1. The number of amides is 1. The van der Waals surface area contributed by atoms with Gasteiger partial charge in [0.25, 0.3) is 5.91 Å². The Labute approximate surface area is 144 Å². The van der Waals surface area contributed by atoms with Gasteiger partial charge in [0, 0.05) is 11.8 Å². The lowest BCUT2D eigenvalue weighted by molar-refractivity contribution is 0.0950. The predicted molar refractivity (Wildman–Crippen MR) is 95.1 cm³/mol. The Morgan fingerprint density at radius 3 is 2.67 bits per heavy atom. The monoisotopic (exact) mass is 360 g/mol. The maximum absolute atomic E-state index is 12.4. The normalized spacial score (nSPS) is 11.6. The number of aryl methyl sites for hydroxylation is 1. The molecular weight excluding hydrogens is 344 g/mol. The first-order valence-electron chi connectivity index (χ1n) is 7.28. The zero-order valence-electron chi connectivity index (χ0n) is 13.2. The molecule has 2 aromatic carbocycles. The molecule has 0 atom stereocenters. The van der Waals surface area contributed by atoms with Crippen molar-refractivity contribution in [1.82, 2.24) is 10.3 Å². The van der Waals surface area contributed by atoms with E-state index in [0.717, 1.165) is 27.0 Å². The summed E-state index contributed by atoms with van der Waals surface area (Å²) in [6, 6.07) is 12.3. The minimum Gasteiger partial charge on any atom is -0.346 e. The molecule has 1 aromatic heterocycles. The Morgan fingerprint density at radius 2 is 1.96 bits per heavy atom. The second-order valence-electron chi connectivity index (χ2n) is 5.51. The van der Waals surface area contributed by atoms with Crippen LogP contribution in [-0.4, -0.2) is 25.6 Å². The molecule has 0 saturated carbocycles. The first-order valence-corrected chi connectivity index (χ1v) is 9.99. The van der Waals surface area contributed by atoms with Crippen molar-refractivity contribution in [3.8, 4) is 0 Å². The fourth-order valence-electron chi connectivity index (χ4n) is 2.32. The van der Waals surface area contributed by atoms with E-state index in [1.54, 1.807) is 13.0 Å². The van der Waals surface area contributed by atoms with Crippen LogP contribution in [0.5, 0.6) is 0 Å². The number of rotatable bonds is 4. The fourth-order valence-corrected chi connectivity index (χ4v) is 3.88. The molecule has 3 rings (SSSR count). The Morgan fingerprint density at radius 1 is 1.21 bits per heavy atom. The minimum absolute atomic E-state index is 0.137. The molecule has 0 aliphatic carbocycles. The van der Waals surface area contributed by atoms with E-state index in [9.17, 15) is 13.2 Å². The van der Waals surface area contributed by atoms with E-state index in [0.29, 0.717) is 12.1 Å². The van der Waals surface area contributed by atoms with Gasteiger partial charge in [0.15, 0.2) is 9.84 Å². The minimum atomic E-state index is -3.35. The number of hydrogen-bond acceptors (Lipinski definition) is 5. The van der Waals surface area contributed by atoms with Crippen molar-refractivity contribution in [2.75, 3.05) is 6.26 Å². The largest absolute Gasteiger partial charge is 0.346 e. The third kappa shape index (κ3) is 3.47. The van der Waals surface area contributed by atoms with Crippen LogP contribution < -0.4 is 5.32 Å². The summed E-state index contributed by atoms with van der Waals surface area (Å²) in [4.78, 5) is 17.0. The van der Waals surface area contributed by atoms with Crippen molar-refractivity contribution in [2.45, 2.75) is 18.4 Å². The third-order valence-corrected chi connectivity index (χ3v) is 5.77. The molecule has 0 aliphatic rings. The number of aromatic nitrogens is 1. The first kappa shape index (κ1) is 16.6. The fraction of sp³-hybridized carbons (Fsp3) is 0.176. The van der Waals surface area contributed by atoms with E-state index < -0.39 is 9.84 Å². The van der Waals surface area contributed by atoms with E-state index in [2.05, 4.69) is 10.3 Å². The number of sulfone groups is 1. The molecular formula is C17H16N2O3S2. The molecule has 24 heavy (non-hydrogen) atoms.